The molecule has 0 unspecified atom stereocenters. The van der Waals surface area contributed by atoms with Crippen molar-refractivity contribution in [1.82, 2.24) is 10.1 Å². The molecule has 2 N–H and O–H groups in total. The summed E-state index contributed by atoms with van der Waals surface area (Å²) in [7, 11) is 0. The van der Waals surface area contributed by atoms with E-state index >= 15 is 0 Å². The van der Waals surface area contributed by atoms with Gasteiger partial charge in [-0.05, 0) is 36.4 Å². The zero-order chi connectivity index (χ0) is 14.7. The molecular formula is C15H12FN3O2. The number of benzene rings is 2. The molecule has 0 saturated heterocycles. The minimum Gasteiger partial charge on any atom is -0.482 e. The second kappa shape index (κ2) is 5.62. The lowest BCUT2D eigenvalue weighted by molar-refractivity contribution is 0.244. The Labute approximate surface area is 120 Å². The van der Waals surface area contributed by atoms with Gasteiger partial charge in [-0.3, -0.25) is 0 Å². The molecule has 3 rings (SSSR count). The number of aromatic nitrogens is 2. The Morgan fingerprint density at radius 1 is 1.10 bits per heavy atom. The van der Waals surface area contributed by atoms with Gasteiger partial charge in [-0.15, -0.1) is 0 Å². The molecule has 0 aliphatic heterocycles. The molecule has 1 aromatic heterocycles. The second-order valence-corrected chi connectivity index (χ2v) is 4.35. The molecule has 0 atom stereocenters. The van der Waals surface area contributed by atoms with Crippen molar-refractivity contribution >= 4 is 5.69 Å². The molecule has 0 saturated carbocycles. The van der Waals surface area contributed by atoms with Gasteiger partial charge in [0.25, 0.3) is 5.89 Å². The second-order valence-electron chi connectivity index (χ2n) is 4.35. The summed E-state index contributed by atoms with van der Waals surface area (Å²) in [5, 5.41) is 3.83. The highest BCUT2D eigenvalue weighted by atomic mass is 19.1. The van der Waals surface area contributed by atoms with E-state index < -0.39 is 0 Å². The van der Waals surface area contributed by atoms with Gasteiger partial charge in [-0.1, -0.05) is 17.3 Å². The van der Waals surface area contributed by atoms with E-state index in [1.165, 1.54) is 12.1 Å². The number of hydrogen-bond donors (Lipinski definition) is 1. The number of hydrogen-bond acceptors (Lipinski definition) is 5. The smallest absolute Gasteiger partial charge is 0.264 e. The summed E-state index contributed by atoms with van der Waals surface area (Å²) in [5.41, 5.74) is 6.98. The average Bonchev–Trinajstić information content (AvgIpc) is 2.96. The third-order valence-electron chi connectivity index (χ3n) is 2.84. The van der Waals surface area contributed by atoms with Gasteiger partial charge in [0, 0.05) is 5.56 Å². The number of para-hydroxylation sites is 2. The molecule has 1 heterocycles. The van der Waals surface area contributed by atoms with E-state index in [1.807, 2.05) is 12.1 Å². The van der Waals surface area contributed by atoms with E-state index in [-0.39, 0.29) is 12.4 Å². The van der Waals surface area contributed by atoms with Crippen molar-refractivity contribution < 1.29 is 13.7 Å². The van der Waals surface area contributed by atoms with Crippen molar-refractivity contribution in [3.8, 4) is 17.1 Å². The molecular weight excluding hydrogens is 273 g/mol. The maximum Gasteiger partial charge on any atom is 0.264 e. The van der Waals surface area contributed by atoms with Crippen molar-refractivity contribution in [3.05, 3.63) is 60.2 Å². The maximum atomic E-state index is 12.9. The standard InChI is InChI=1S/C15H12FN3O2/c16-11-7-5-10(6-8-11)15-18-14(21-19-15)9-20-13-4-2-1-3-12(13)17/h1-8H,9,17H2. The summed E-state index contributed by atoms with van der Waals surface area (Å²) < 4.78 is 23.5. The van der Waals surface area contributed by atoms with Gasteiger partial charge < -0.3 is 15.0 Å². The zero-order valence-electron chi connectivity index (χ0n) is 11.0. The highest BCUT2D eigenvalue weighted by Crippen LogP contribution is 2.21. The third-order valence-corrected chi connectivity index (χ3v) is 2.84. The zero-order valence-corrected chi connectivity index (χ0v) is 11.0. The molecule has 0 radical (unpaired) electrons. The Bertz CT molecular complexity index is 741. The maximum absolute atomic E-state index is 12.9. The monoisotopic (exact) mass is 285 g/mol. The lowest BCUT2D eigenvalue weighted by atomic mass is 10.2. The minimum atomic E-state index is -0.314. The fraction of sp³-hybridized carbons (Fsp3) is 0.0667. The van der Waals surface area contributed by atoms with Gasteiger partial charge in [0.05, 0.1) is 5.69 Å². The number of rotatable bonds is 4. The lowest BCUT2D eigenvalue weighted by Gasteiger charge is -2.05. The van der Waals surface area contributed by atoms with Crippen molar-refractivity contribution in [3.63, 3.8) is 0 Å². The van der Waals surface area contributed by atoms with Crippen LogP contribution in [0.5, 0.6) is 5.75 Å². The van der Waals surface area contributed by atoms with Gasteiger partial charge in [0.1, 0.15) is 11.6 Å². The largest absolute Gasteiger partial charge is 0.482 e. The Morgan fingerprint density at radius 3 is 2.62 bits per heavy atom. The lowest BCUT2D eigenvalue weighted by Crippen LogP contribution is -1.98. The molecule has 0 aliphatic rings. The van der Waals surface area contributed by atoms with Crippen LogP contribution in [-0.2, 0) is 6.61 Å². The fourth-order valence-corrected chi connectivity index (χ4v) is 1.78. The Hall–Kier alpha value is -2.89. The number of halogens is 1. The van der Waals surface area contributed by atoms with Gasteiger partial charge in [-0.25, -0.2) is 4.39 Å². The SMILES string of the molecule is Nc1ccccc1OCc1nc(-c2ccc(F)cc2)no1. The van der Waals surface area contributed by atoms with Crippen LogP contribution < -0.4 is 10.5 Å². The van der Waals surface area contributed by atoms with E-state index in [1.54, 1.807) is 24.3 Å². The molecule has 5 nitrogen and oxygen atoms in total. The number of nitrogens with two attached hydrogens (primary N) is 1. The Morgan fingerprint density at radius 2 is 1.86 bits per heavy atom. The van der Waals surface area contributed by atoms with Crippen LogP contribution in [-0.4, -0.2) is 10.1 Å². The van der Waals surface area contributed by atoms with Crippen molar-refractivity contribution in [2.24, 2.45) is 0 Å². The summed E-state index contributed by atoms with van der Waals surface area (Å²) in [6.07, 6.45) is 0. The van der Waals surface area contributed by atoms with Gasteiger partial charge >= 0.3 is 0 Å². The molecule has 6 heteroatoms. The van der Waals surface area contributed by atoms with E-state index in [0.717, 1.165) is 0 Å². The van der Waals surface area contributed by atoms with Crippen molar-refractivity contribution in [1.29, 1.82) is 0 Å². The highest BCUT2D eigenvalue weighted by molar-refractivity contribution is 5.54. The van der Waals surface area contributed by atoms with E-state index in [9.17, 15) is 4.39 Å². The van der Waals surface area contributed by atoms with Crippen LogP contribution in [0.15, 0.2) is 53.1 Å². The first-order valence-electron chi connectivity index (χ1n) is 6.28. The first-order chi connectivity index (χ1) is 10.2. The number of ether oxygens (including phenoxy) is 1. The number of anilines is 1. The van der Waals surface area contributed by atoms with Gasteiger partial charge in [0.15, 0.2) is 6.61 Å². The summed E-state index contributed by atoms with van der Waals surface area (Å²) in [6, 6.07) is 13.0. The highest BCUT2D eigenvalue weighted by Gasteiger charge is 2.10. The molecule has 106 valence electrons. The first-order valence-corrected chi connectivity index (χ1v) is 6.28. The Balaban J connectivity index is 1.71. The van der Waals surface area contributed by atoms with E-state index in [4.69, 9.17) is 15.0 Å². The third kappa shape index (κ3) is 3.00. The molecule has 2 aromatic carbocycles. The van der Waals surface area contributed by atoms with E-state index in [2.05, 4.69) is 10.1 Å². The van der Waals surface area contributed by atoms with Crippen LogP contribution in [0.2, 0.25) is 0 Å². The van der Waals surface area contributed by atoms with Crippen LogP contribution in [0.1, 0.15) is 5.89 Å². The molecule has 0 amide bonds. The summed E-state index contributed by atoms with van der Waals surface area (Å²) in [6.45, 7) is 0.114. The minimum absolute atomic E-state index is 0.114. The molecule has 0 spiro atoms. The van der Waals surface area contributed by atoms with Crippen LogP contribution in [0, 0.1) is 5.82 Å². The molecule has 3 aromatic rings. The molecule has 0 aliphatic carbocycles. The van der Waals surface area contributed by atoms with Crippen LogP contribution in [0.25, 0.3) is 11.4 Å². The van der Waals surface area contributed by atoms with Gasteiger partial charge in [0.2, 0.25) is 5.82 Å². The topological polar surface area (TPSA) is 74.2 Å². The summed E-state index contributed by atoms with van der Waals surface area (Å²) >= 11 is 0. The Kier molecular flexibility index (Phi) is 3.51. The fourth-order valence-electron chi connectivity index (χ4n) is 1.78. The first kappa shape index (κ1) is 13.1. The normalized spacial score (nSPS) is 10.5. The van der Waals surface area contributed by atoms with Crippen molar-refractivity contribution in [2.75, 3.05) is 5.73 Å². The predicted molar refractivity (Wildman–Crippen MR) is 74.9 cm³/mol. The van der Waals surface area contributed by atoms with Crippen LogP contribution in [0.4, 0.5) is 10.1 Å². The van der Waals surface area contributed by atoms with Crippen molar-refractivity contribution in [2.45, 2.75) is 6.61 Å². The molecule has 0 bridgehead atoms. The quantitative estimate of drug-likeness (QED) is 0.746. The average molecular weight is 285 g/mol. The summed E-state index contributed by atoms with van der Waals surface area (Å²) in [4.78, 5) is 4.19. The van der Waals surface area contributed by atoms with Gasteiger partial charge in [-0.2, -0.15) is 4.98 Å². The van der Waals surface area contributed by atoms with Crippen LogP contribution in [0.3, 0.4) is 0 Å². The predicted octanol–water partition coefficient (Wildman–Crippen LogP) is 3.04. The van der Waals surface area contributed by atoms with E-state index in [0.29, 0.717) is 28.7 Å². The number of nitrogens with zero attached hydrogens (tertiary/aromatic N) is 2. The number of nitrogen functional groups attached to an aromatic ring is 1. The molecule has 0 fully saturated rings. The summed E-state index contributed by atoms with van der Waals surface area (Å²) in [5.74, 6) is 0.941. The molecule has 21 heavy (non-hydrogen) atoms. The van der Waals surface area contributed by atoms with Crippen LogP contribution >= 0.6 is 0 Å².